The zero-order valence-electron chi connectivity index (χ0n) is 11.4. The first kappa shape index (κ1) is 13.5. The monoisotopic (exact) mass is 280 g/mol. The average molecular weight is 280 g/mol. The second-order valence-electron chi connectivity index (χ2n) is 6.06. The lowest BCUT2D eigenvalue weighted by Crippen LogP contribution is -2.40. The molecule has 4 unspecified atom stereocenters. The van der Waals surface area contributed by atoms with E-state index in [4.69, 9.17) is 0 Å². The van der Waals surface area contributed by atoms with E-state index in [-0.39, 0.29) is 11.6 Å². The van der Waals surface area contributed by atoms with Gasteiger partial charge in [-0.2, -0.15) is 4.39 Å². The molecular formula is C15H18F2N2O. The second kappa shape index (κ2) is 5.11. The van der Waals surface area contributed by atoms with Crippen molar-refractivity contribution in [2.45, 2.75) is 38.6 Å². The molecule has 1 aromatic rings. The molecule has 1 amide bonds. The van der Waals surface area contributed by atoms with E-state index in [1.54, 1.807) is 0 Å². The Labute approximate surface area is 116 Å². The molecule has 0 aliphatic heterocycles. The maximum atomic E-state index is 13.5. The highest BCUT2D eigenvalue weighted by atomic mass is 19.2. The van der Waals surface area contributed by atoms with E-state index in [1.165, 1.54) is 25.3 Å². The van der Waals surface area contributed by atoms with E-state index in [9.17, 15) is 13.6 Å². The third kappa shape index (κ3) is 2.30. The summed E-state index contributed by atoms with van der Waals surface area (Å²) in [5.41, 5.74) is -0.271. The Morgan fingerprint density at radius 3 is 2.85 bits per heavy atom. The quantitative estimate of drug-likeness (QED) is 0.865. The van der Waals surface area contributed by atoms with Crippen LogP contribution in [0.3, 0.4) is 0 Å². The van der Waals surface area contributed by atoms with Gasteiger partial charge in [-0.25, -0.2) is 9.37 Å². The summed E-state index contributed by atoms with van der Waals surface area (Å²) in [7, 11) is 0. The highest BCUT2D eigenvalue weighted by molar-refractivity contribution is 5.94. The molecule has 2 fully saturated rings. The number of carbonyl (C=O) groups excluding carboxylic acids is 1. The molecule has 1 aromatic heterocycles. The molecule has 2 bridgehead atoms. The molecule has 1 heterocycles. The first-order chi connectivity index (χ1) is 9.56. The van der Waals surface area contributed by atoms with Gasteiger partial charge in [0.1, 0.15) is 0 Å². The predicted molar refractivity (Wildman–Crippen MR) is 70.0 cm³/mol. The van der Waals surface area contributed by atoms with Gasteiger partial charge in [-0.3, -0.25) is 4.79 Å². The molecular weight excluding hydrogens is 262 g/mol. The van der Waals surface area contributed by atoms with Crippen LogP contribution < -0.4 is 5.32 Å². The Morgan fingerprint density at radius 2 is 2.20 bits per heavy atom. The minimum atomic E-state index is -1.23. The van der Waals surface area contributed by atoms with Gasteiger partial charge in [0.25, 0.3) is 5.91 Å². The van der Waals surface area contributed by atoms with Crippen molar-refractivity contribution in [3.8, 4) is 0 Å². The van der Waals surface area contributed by atoms with Gasteiger partial charge >= 0.3 is 0 Å². The lowest BCUT2D eigenvalue weighted by atomic mass is 9.84. The van der Waals surface area contributed by atoms with E-state index in [2.05, 4.69) is 10.3 Å². The number of nitrogens with zero attached hydrogens (tertiary/aromatic N) is 1. The van der Waals surface area contributed by atoms with Crippen LogP contribution in [0.15, 0.2) is 12.3 Å². The van der Waals surface area contributed by atoms with Gasteiger partial charge in [0.2, 0.25) is 5.95 Å². The van der Waals surface area contributed by atoms with Crippen molar-refractivity contribution in [2.75, 3.05) is 0 Å². The van der Waals surface area contributed by atoms with Crippen molar-refractivity contribution in [3.05, 3.63) is 29.6 Å². The van der Waals surface area contributed by atoms with Crippen LogP contribution in [0.25, 0.3) is 0 Å². The molecule has 0 spiro atoms. The molecule has 2 aliphatic carbocycles. The van der Waals surface area contributed by atoms with Crippen LogP contribution in [-0.2, 0) is 0 Å². The van der Waals surface area contributed by atoms with Crippen molar-refractivity contribution >= 4 is 5.91 Å². The smallest absolute Gasteiger partial charge is 0.254 e. The first-order valence-electron chi connectivity index (χ1n) is 7.17. The highest BCUT2D eigenvalue weighted by Gasteiger charge is 2.42. The van der Waals surface area contributed by atoms with Crippen LogP contribution in [0.2, 0.25) is 0 Å². The number of aromatic nitrogens is 1. The topological polar surface area (TPSA) is 42.0 Å². The molecule has 1 N–H and O–H groups in total. The number of amides is 1. The molecule has 20 heavy (non-hydrogen) atoms. The Hall–Kier alpha value is -1.52. The number of nitrogens with one attached hydrogen (secondary N) is 1. The lowest BCUT2D eigenvalue weighted by molar-refractivity contribution is 0.0909. The summed E-state index contributed by atoms with van der Waals surface area (Å²) in [6.07, 6.45) is 6.03. The SMILES string of the molecule is CC(NC(=O)c1ccnc(F)c1F)C1CC2CCC1C2. The molecule has 2 saturated carbocycles. The standard InChI is InChI=1S/C15H18F2N2O/c1-8(12-7-9-2-3-10(12)6-9)19-15(20)11-4-5-18-14(17)13(11)16/h4-5,8-10,12H,2-3,6-7H2,1H3,(H,19,20). The first-order valence-corrected chi connectivity index (χ1v) is 7.17. The van der Waals surface area contributed by atoms with Crippen LogP contribution in [0.5, 0.6) is 0 Å². The summed E-state index contributed by atoms with van der Waals surface area (Å²) in [4.78, 5) is 15.2. The van der Waals surface area contributed by atoms with Crippen LogP contribution in [0.4, 0.5) is 8.78 Å². The van der Waals surface area contributed by atoms with E-state index in [0.29, 0.717) is 11.8 Å². The van der Waals surface area contributed by atoms with E-state index in [0.717, 1.165) is 18.5 Å². The minimum absolute atomic E-state index is 0.00609. The highest BCUT2D eigenvalue weighted by Crippen LogP contribution is 2.49. The Kier molecular flexibility index (Phi) is 3.44. The summed E-state index contributed by atoms with van der Waals surface area (Å²) >= 11 is 0. The largest absolute Gasteiger partial charge is 0.349 e. The molecule has 4 atom stereocenters. The van der Waals surface area contributed by atoms with Crippen LogP contribution >= 0.6 is 0 Å². The van der Waals surface area contributed by atoms with Crippen molar-refractivity contribution < 1.29 is 13.6 Å². The summed E-state index contributed by atoms with van der Waals surface area (Å²) in [6, 6.07) is 1.20. The molecule has 0 radical (unpaired) electrons. The number of rotatable bonds is 3. The van der Waals surface area contributed by atoms with Crippen molar-refractivity contribution in [1.29, 1.82) is 0 Å². The van der Waals surface area contributed by atoms with Crippen molar-refractivity contribution in [3.63, 3.8) is 0 Å². The summed E-state index contributed by atoms with van der Waals surface area (Å²) in [5.74, 6) is -1.03. The summed E-state index contributed by atoms with van der Waals surface area (Å²) in [5, 5.41) is 2.82. The predicted octanol–water partition coefficient (Wildman–Crippen LogP) is 2.91. The van der Waals surface area contributed by atoms with E-state index >= 15 is 0 Å². The lowest BCUT2D eigenvalue weighted by Gasteiger charge is -2.28. The fraction of sp³-hybridized carbons (Fsp3) is 0.600. The number of pyridine rings is 1. The summed E-state index contributed by atoms with van der Waals surface area (Å²) < 4.78 is 26.6. The normalized spacial score (nSPS) is 29.4. The fourth-order valence-electron chi connectivity index (χ4n) is 3.89. The fourth-order valence-corrected chi connectivity index (χ4v) is 3.89. The number of hydrogen-bond donors (Lipinski definition) is 1. The van der Waals surface area contributed by atoms with Gasteiger partial charge < -0.3 is 5.32 Å². The summed E-state index contributed by atoms with van der Waals surface area (Å²) in [6.45, 7) is 1.96. The average Bonchev–Trinajstić information content (AvgIpc) is 3.04. The zero-order valence-corrected chi connectivity index (χ0v) is 11.4. The van der Waals surface area contributed by atoms with Gasteiger partial charge in [-0.05, 0) is 50.0 Å². The van der Waals surface area contributed by atoms with Gasteiger partial charge in [0.05, 0.1) is 5.56 Å². The van der Waals surface area contributed by atoms with E-state index < -0.39 is 17.7 Å². The minimum Gasteiger partial charge on any atom is -0.349 e. The van der Waals surface area contributed by atoms with Crippen molar-refractivity contribution in [2.24, 2.45) is 17.8 Å². The molecule has 3 rings (SSSR count). The third-order valence-electron chi connectivity index (χ3n) is 4.89. The van der Waals surface area contributed by atoms with Crippen LogP contribution in [0, 0.1) is 29.5 Å². The van der Waals surface area contributed by atoms with Crippen LogP contribution in [-0.4, -0.2) is 16.9 Å². The second-order valence-corrected chi connectivity index (χ2v) is 6.06. The molecule has 0 saturated heterocycles. The molecule has 5 heteroatoms. The van der Waals surface area contributed by atoms with Gasteiger partial charge in [0.15, 0.2) is 5.82 Å². The van der Waals surface area contributed by atoms with Crippen molar-refractivity contribution in [1.82, 2.24) is 10.3 Å². The van der Waals surface area contributed by atoms with E-state index in [1.807, 2.05) is 6.92 Å². The third-order valence-corrected chi connectivity index (χ3v) is 4.89. The zero-order chi connectivity index (χ0) is 14.3. The molecule has 2 aliphatic rings. The Balaban J connectivity index is 1.68. The van der Waals surface area contributed by atoms with Gasteiger partial charge in [0, 0.05) is 12.2 Å². The molecule has 108 valence electrons. The maximum absolute atomic E-state index is 13.5. The van der Waals surface area contributed by atoms with Gasteiger partial charge in [-0.15, -0.1) is 0 Å². The molecule has 3 nitrogen and oxygen atoms in total. The molecule has 0 aromatic carbocycles. The number of halogens is 2. The Morgan fingerprint density at radius 1 is 1.40 bits per heavy atom. The van der Waals surface area contributed by atoms with Crippen LogP contribution in [0.1, 0.15) is 43.0 Å². The maximum Gasteiger partial charge on any atom is 0.254 e. The number of carbonyl (C=O) groups is 1. The van der Waals surface area contributed by atoms with Gasteiger partial charge in [-0.1, -0.05) is 6.42 Å². The Bertz CT molecular complexity index is 535. The number of hydrogen-bond acceptors (Lipinski definition) is 2. The number of fused-ring (bicyclic) bond motifs is 2.